The second-order valence-electron chi connectivity index (χ2n) is 5.49. The highest BCUT2D eigenvalue weighted by Gasteiger charge is 2.17. The number of hydrogen-bond acceptors (Lipinski definition) is 3. The molecule has 0 aliphatic carbocycles. The zero-order valence-corrected chi connectivity index (χ0v) is 10.9. The van der Waals surface area contributed by atoms with E-state index in [1.807, 2.05) is 20.8 Å². The largest absolute Gasteiger partial charge is 0.391 e. The van der Waals surface area contributed by atoms with Crippen LogP contribution in [0.4, 0.5) is 4.39 Å². The molecule has 1 rings (SSSR count). The van der Waals surface area contributed by atoms with Crippen LogP contribution < -0.4 is 5.32 Å². The van der Waals surface area contributed by atoms with Crippen LogP contribution in [0.25, 0.3) is 0 Å². The molecule has 5 heteroatoms. The number of carbonyl (C=O) groups excluding carboxylic acids is 1. The zero-order valence-electron chi connectivity index (χ0n) is 10.9. The molecular weight excluding hydrogens is 235 g/mol. The quantitative estimate of drug-likeness (QED) is 0.860. The number of hydrogen-bond donors (Lipinski definition) is 2. The average molecular weight is 254 g/mol. The fourth-order valence-electron chi connectivity index (χ4n) is 1.59. The van der Waals surface area contributed by atoms with E-state index >= 15 is 0 Å². The van der Waals surface area contributed by atoms with Crippen molar-refractivity contribution in [3.8, 4) is 0 Å². The van der Waals surface area contributed by atoms with Crippen molar-refractivity contribution in [3.63, 3.8) is 0 Å². The van der Waals surface area contributed by atoms with Gasteiger partial charge in [0.05, 0.1) is 12.3 Å². The molecule has 0 spiro atoms. The Hall–Kier alpha value is -1.49. The number of carbonyl (C=O) groups is 1. The molecule has 100 valence electrons. The van der Waals surface area contributed by atoms with Crippen molar-refractivity contribution in [2.45, 2.75) is 33.3 Å². The Kier molecular flexibility index (Phi) is 4.78. The lowest BCUT2D eigenvalue weighted by Crippen LogP contribution is -2.34. The maximum absolute atomic E-state index is 12.6. The fraction of sp³-hybridized carbons (Fsp3) is 0.538. The third-order valence-corrected chi connectivity index (χ3v) is 2.31. The molecular formula is C13H19FN2O2. The van der Waals surface area contributed by atoms with Gasteiger partial charge in [-0.15, -0.1) is 0 Å². The van der Waals surface area contributed by atoms with E-state index in [1.165, 1.54) is 12.1 Å². The molecule has 0 aromatic carbocycles. The first-order valence-electron chi connectivity index (χ1n) is 5.86. The number of pyridine rings is 1. The van der Waals surface area contributed by atoms with Crippen LogP contribution in [0.2, 0.25) is 0 Å². The first kappa shape index (κ1) is 14.6. The molecule has 1 atom stereocenters. The summed E-state index contributed by atoms with van der Waals surface area (Å²) >= 11 is 0. The molecule has 0 radical (unpaired) electrons. The van der Waals surface area contributed by atoms with E-state index in [1.54, 1.807) is 0 Å². The van der Waals surface area contributed by atoms with E-state index in [2.05, 4.69) is 10.3 Å². The maximum Gasteiger partial charge on any atom is 0.269 e. The Bertz CT molecular complexity index is 398. The normalized spacial score (nSPS) is 13.2. The van der Waals surface area contributed by atoms with Gasteiger partial charge in [-0.1, -0.05) is 20.8 Å². The van der Waals surface area contributed by atoms with Gasteiger partial charge in [0.1, 0.15) is 11.5 Å². The molecule has 1 heterocycles. The summed E-state index contributed by atoms with van der Waals surface area (Å²) in [5, 5.41) is 12.3. The van der Waals surface area contributed by atoms with Crippen molar-refractivity contribution >= 4 is 5.91 Å². The van der Waals surface area contributed by atoms with Crippen molar-refractivity contribution in [3.05, 3.63) is 29.8 Å². The van der Waals surface area contributed by atoms with Crippen molar-refractivity contribution in [1.29, 1.82) is 0 Å². The fourth-order valence-corrected chi connectivity index (χ4v) is 1.59. The van der Waals surface area contributed by atoms with Gasteiger partial charge in [0.25, 0.3) is 5.91 Å². The van der Waals surface area contributed by atoms with Gasteiger partial charge in [-0.25, -0.2) is 9.37 Å². The first-order chi connectivity index (χ1) is 8.28. The number of nitrogens with zero attached hydrogens (tertiary/aromatic N) is 1. The minimum atomic E-state index is -0.602. The lowest BCUT2D eigenvalue weighted by Gasteiger charge is -2.22. The maximum atomic E-state index is 12.6. The van der Waals surface area contributed by atoms with E-state index in [0.717, 1.165) is 6.20 Å². The highest BCUT2D eigenvalue weighted by Crippen LogP contribution is 2.20. The van der Waals surface area contributed by atoms with Gasteiger partial charge in [0.15, 0.2) is 0 Å². The van der Waals surface area contributed by atoms with E-state index in [4.69, 9.17) is 0 Å². The second kappa shape index (κ2) is 5.91. The van der Waals surface area contributed by atoms with Crippen LogP contribution in [0, 0.1) is 11.2 Å². The average Bonchev–Trinajstić information content (AvgIpc) is 2.24. The van der Waals surface area contributed by atoms with Crippen molar-refractivity contribution < 1.29 is 14.3 Å². The summed E-state index contributed by atoms with van der Waals surface area (Å²) in [6.45, 7) is 6.20. The Morgan fingerprint density at radius 2 is 2.17 bits per heavy atom. The molecule has 1 amide bonds. The van der Waals surface area contributed by atoms with Gasteiger partial charge in [-0.05, 0) is 24.0 Å². The van der Waals surface area contributed by atoms with Crippen LogP contribution >= 0.6 is 0 Å². The monoisotopic (exact) mass is 254 g/mol. The summed E-state index contributed by atoms with van der Waals surface area (Å²) in [6, 6.07) is 2.48. The number of amides is 1. The van der Waals surface area contributed by atoms with Gasteiger partial charge >= 0.3 is 0 Å². The predicted molar refractivity (Wildman–Crippen MR) is 66.6 cm³/mol. The minimum absolute atomic E-state index is 0.00172. The van der Waals surface area contributed by atoms with Gasteiger partial charge in [0, 0.05) is 6.54 Å². The third kappa shape index (κ3) is 5.23. The summed E-state index contributed by atoms with van der Waals surface area (Å²) in [6.07, 6.45) is 0.972. The number of halogens is 1. The topological polar surface area (TPSA) is 62.2 Å². The van der Waals surface area contributed by atoms with Crippen LogP contribution in [0.5, 0.6) is 0 Å². The van der Waals surface area contributed by atoms with Gasteiger partial charge in [-0.3, -0.25) is 4.79 Å². The summed E-state index contributed by atoms with van der Waals surface area (Å²) < 4.78 is 12.6. The van der Waals surface area contributed by atoms with Gasteiger partial charge < -0.3 is 10.4 Å². The van der Waals surface area contributed by atoms with E-state index in [9.17, 15) is 14.3 Å². The Balaban J connectivity index is 2.44. The molecule has 0 aliphatic heterocycles. The lowest BCUT2D eigenvalue weighted by atomic mass is 9.89. The molecule has 2 N–H and O–H groups in total. The van der Waals surface area contributed by atoms with Crippen molar-refractivity contribution in [1.82, 2.24) is 10.3 Å². The molecule has 1 aromatic heterocycles. The smallest absolute Gasteiger partial charge is 0.269 e. The molecule has 18 heavy (non-hydrogen) atoms. The molecule has 4 nitrogen and oxygen atoms in total. The zero-order chi connectivity index (χ0) is 13.8. The number of aliphatic hydroxyl groups is 1. The molecule has 1 aromatic rings. The Labute approximate surface area is 106 Å². The summed E-state index contributed by atoms with van der Waals surface area (Å²) in [5.41, 5.74) is 0.137. The van der Waals surface area contributed by atoms with Crippen LogP contribution in [0.3, 0.4) is 0 Å². The molecule has 0 bridgehead atoms. The van der Waals surface area contributed by atoms with E-state index in [0.29, 0.717) is 6.42 Å². The van der Waals surface area contributed by atoms with E-state index in [-0.39, 0.29) is 17.7 Å². The van der Waals surface area contributed by atoms with Crippen LogP contribution in [-0.4, -0.2) is 28.6 Å². The second-order valence-corrected chi connectivity index (χ2v) is 5.49. The van der Waals surface area contributed by atoms with Crippen LogP contribution in [0.15, 0.2) is 18.3 Å². The van der Waals surface area contributed by atoms with Crippen molar-refractivity contribution in [2.75, 3.05) is 6.54 Å². The molecule has 1 unspecified atom stereocenters. The molecule has 0 aliphatic rings. The van der Waals surface area contributed by atoms with Crippen molar-refractivity contribution in [2.24, 2.45) is 5.41 Å². The summed E-state index contributed by atoms with van der Waals surface area (Å²) in [7, 11) is 0. The third-order valence-electron chi connectivity index (χ3n) is 2.31. The highest BCUT2D eigenvalue weighted by molar-refractivity contribution is 5.92. The summed E-state index contributed by atoms with van der Waals surface area (Å²) in [5.74, 6) is -0.901. The first-order valence-corrected chi connectivity index (χ1v) is 5.86. The predicted octanol–water partition coefficient (Wildman–Crippen LogP) is 1.75. The number of aliphatic hydroxyl groups excluding tert-OH is 1. The number of aromatic nitrogens is 1. The standard InChI is InChI=1S/C13H19FN2O2/c1-13(2,3)6-10(17)8-16-12(18)11-5-4-9(14)7-15-11/h4-5,7,10,17H,6,8H2,1-3H3,(H,16,18). The molecule has 0 saturated heterocycles. The van der Waals surface area contributed by atoms with Gasteiger partial charge in [0.2, 0.25) is 0 Å². The number of rotatable bonds is 4. The van der Waals surface area contributed by atoms with Crippen LogP contribution in [-0.2, 0) is 0 Å². The lowest BCUT2D eigenvalue weighted by molar-refractivity contribution is 0.0864. The highest BCUT2D eigenvalue weighted by atomic mass is 19.1. The minimum Gasteiger partial charge on any atom is -0.391 e. The summed E-state index contributed by atoms with van der Waals surface area (Å²) in [4.78, 5) is 15.3. The SMILES string of the molecule is CC(C)(C)CC(O)CNC(=O)c1ccc(F)cn1. The molecule has 0 fully saturated rings. The molecule has 0 saturated carbocycles. The van der Waals surface area contributed by atoms with Crippen LogP contribution in [0.1, 0.15) is 37.7 Å². The number of nitrogens with one attached hydrogen (secondary N) is 1. The van der Waals surface area contributed by atoms with Gasteiger partial charge in [-0.2, -0.15) is 0 Å². The Morgan fingerprint density at radius 3 is 2.67 bits per heavy atom. The Morgan fingerprint density at radius 1 is 1.50 bits per heavy atom. The van der Waals surface area contributed by atoms with E-state index < -0.39 is 17.8 Å².